The molecule has 0 bridgehead atoms. The van der Waals surface area contributed by atoms with Crippen molar-refractivity contribution in [3.8, 4) is 5.75 Å². The number of hydrogen-bond acceptors (Lipinski definition) is 3. The van der Waals surface area contributed by atoms with Crippen molar-refractivity contribution in [2.75, 3.05) is 6.61 Å². The average molecular weight is 421 g/mol. The Balaban J connectivity index is 1.80. The second-order valence-corrected chi connectivity index (χ2v) is 7.39. The highest BCUT2D eigenvalue weighted by Gasteiger charge is 2.62. The van der Waals surface area contributed by atoms with Crippen molar-refractivity contribution < 1.29 is 18.7 Å². The molecule has 0 spiro atoms. The lowest BCUT2D eigenvalue weighted by molar-refractivity contribution is -0.119. The molecule has 1 saturated carbocycles. The summed E-state index contributed by atoms with van der Waals surface area (Å²) in [5.74, 6) is 0.392. The predicted molar refractivity (Wildman–Crippen MR) is 90.7 cm³/mol. The van der Waals surface area contributed by atoms with Crippen LogP contribution in [0.4, 0.5) is 4.39 Å². The monoisotopic (exact) mass is 421 g/mol. The number of alkyl halides is 2. The highest BCUT2D eigenvalue weighted by Crippen LogP contribution is 2.61. The number of primary amides is 1. The van der Waals surface area contributed by atoms with Crippen molar-refractivity contribution in [3.05, 3.63) is 29.8 Å². The van der Waals surface area contributed by atoms with Gasteiger partial charge in [-0.15, -0.1) is 0 Å². The summed E-state index contributed by atoms with van der Waals surface area (Å²) in [5.41, 5.74) is 6.04. The molecule has 0 radical (unpaired) electrons. The van der Waals surface area contributed by atoms with Gasteiger partial charge in [-0.3, -0.25) is 4.79 Å². The maximum absolute atomic E-state index is 13.7. The Morgan fingerprint density at radius 1 is 1.45 bits per heavy atom. The van der Waals surface area contributed by atoms with Gasteiger partial charge in [0.05, 0.1) is 10.0 Å². The molecule has 1 aromatic rings. The van der Waals surface area contributed by atoms with E-state index in [9.17, 15) is 9.18 Å². The molecule has 3 unspecified atom stereocenters. The Kier molecular flexibility index (Phi) is 5.65. The van der Waals surface area contributed by atoms with Gasteiger partial charge in [-0.05, 0) is 31.0 Å². The number of ether oxygens (including phenoxy) is 2. The van der Waals surface area contributed by atoms with Crippen LogP contribution in [0.15, 0.2) is 24.3 Å². The van der Waals surface area contributed by atoms with Crippen LogP contribution < -0.4 is 10.5 Å². The molecular weight excluding hydrogens is 400 g/mol. The summed E-state index contributed by atoms with van der Waals surface area (Å²) >= 11 is 2.19. The van der Waals surface area contributed by atoms with Gasteiger partial charge in [-0.2, -0.15) is 0 Å². The van der Waals surface area contributed by atoms with Gasteiger partial charge in [0.15, 0.2) is 6.29 Å². The highest BCUT2D eigenvalue weighted by molar-refractivity contribution is 14.1. The zero-order valence-corrected chi connectivity index (χ0v) is 14.9. The third-order valence-electron chi connectivity index (χ3n) is 3.91. The molecule has 4 nitrogen and oxygen atoms in total. The Morgan fingerprint density at radius 3 is 2.55 bits per heavy atom. The van der Waals surface area contributed by atoms with Gasteiger partial charge in [-0.1, -0.05) is 41.6 Å². The topological polar surface area (TPSA) is 61.5 Å². The van der Waals surface area contributed by atoms with Crippen LogP contribution in [0.5, 0.6) is 5.75 Å². The van der Waals surface area contributed by atoms with Crippen LogP contribution in [0, 0.1) is 5.92 Å². The van der Waals surface area contributed by atoms with E-state index in [4.69, 9.17) is 15.2 Å². The van der Waals surface area contributed by atoms with Crippen molar-refractivity contribution in [3.63, 3.8) is 0 Å². The summed E-state index contributed by atoms with van der Waals surface area (Å²) in [4.78, 5) is 10.6. The first-order valence-corrected chi connectivity index (χ1v) is 8.43. The molecule has 1 aliphatic rings. The zero-order valence-electron chi connectivity index (χ0n) is 12.7. The summed E-state index contributed by atoms with van der Waals surface area (Å²) in [5, 5.41) is 0. The number of carbonyl (C=O) groups is 1. The predicted octanol–water partition coefficient (Wildman–Crippen LogP) is 3.31. The number of benzene rings is 1. The quantitative estimate of drug-likeness (QED) is 0.303. The molecule has 0 aliphatic heterocycles. The van der Waals surface area contributed by atoms with Crippen LogP contribution in [-0.4, -0.2) is 25.0 Å². The van der Waals surface area contributed by atoms with E-state index in [2.05, 4.69) is 22.6 Å². The molecular formula is C16H21FINO3. The number of hydrogen-bond donors (Lipinski definition) is 1. The molecule has 0 aromatic heterocycles. The van der Waals surface area contributed by atoms with Crippen molar-refractivity contribution in [1.82, 2.24) is 0 Å². The molecule has 6 heteroatoms. The fourth-order valence-corrected chi connectivity index (χ4v) is 3.44. The molecule has 1 aliphatic carbocycles. The fraction of sp³-hybridized carbons (Fsp3) is 0.562. The lowest BCUT2D eigenvalue weighted by Gasteiger charge is -2.16. The second kappa shape index (κ2) is 7.12. The summed E-state index contributed by atoms with van der Waals surface area (Å²) in [6.07, 6.45) is -0.315. The number of rotatable bonds is 8. The summed E-state index contributed by atoms with van der Waals surface area (Å²) in [6.45, 7) is 4.13. The molecule has 2 N–H and O–H groups in total. The third-order valence-corrected chi connectivity index (χ3v) is 6.11. The Hall–Kier alpha value is -0.890. The largest absolute Gasteiger partial charge is 0.465 e. The SMILES string of the molecule is CC(OCCCC(N)=O)Oc1ccc(C2(I)C(C)[C@@H]2F)cc1. The van der Waals surface area contributed by atoms with Crippen LogP contribution >= 0.6 is 22.6 Å². The lowest BCUT2D eigenvalue weighted by atomic mass is 10.1. The fourth-order valence-electron chi connectivity index (χ4n) is 2.40. The van der Waals surface area contributed by atoms with Gasteiger partial charge >= 0.3 is 0 Å². The number of halogens is 2. The van der Waals surface area contributed by atoms with E-state index in [0.29, 0.717) is 25.2 Å². The molecule has 1 amide bonds. The van der Waals surface area contributed by atoms with Crippen molar-refractivity contribution in [2.24, 2.45) is 11.7 Å². The van der Waals surface area contributed by atoms with Gasteiger partial charge in [0.1, 0.15) is 11.9 Å². The van der Waals surface area contributed by atoms with E-state index >= 15 is 0 Å². The van der Waals surface area contributed by atoms with Gasteiger partial charge in [0, 0.05) is 12.3 Å². The molecule has 2 rings (SSSR count). The van der Waals surface area contributed by atoms with Gasteiger partial charge in [0.25, 0.3) is 0 Å². The van der Waals surface area contributed by atoms with Crippen LogP contribution in [0.25, 0.3) is 0 Å². The summed E-state index contributed by atoms with van der Waals surface area (Å²) in [7, 11) is 0. The maximum atomic E-state index is 13.7. The maximum Gasteiger partial charge on any atom is 0.217 e. The first-order chi connectivity index (χ1) is 10.4. The number of carbonyl (C=O) groups excluding carboxylic acids is 1. The Morgan fingerprint density at radius 2 is 2.05 bits per heavy atom. The van der Waals surface area contributed by atoms with E-state index in [0.717, 1.165) is 5.56 Å². The van der Waals surface area contributed by atoms with Crippen LogP contribution in [0.3, 0.4) is 0 Å². The van der Waals surface area contributed by atoms with Gasteiger partial charge in [-0.25, -0.2) is 4.39 Å². The summed E-state index contributed by atoms with van der Waals surface area (Å²) in [6, 6.07) is 7.46. The van der Waals surface area contributed by atoms with E-state index in [-0.39, 0.29) is 11.8 Å². The molecule has 0 saturated heterocycles. The second-order valence-electron chi connectivity index (χ2n) is 5.61. The molecule has 1 aromatic carbocycles. The zero-order chi connectivity index (χ0) is 16.3. The minimum atomic E-state index is -0.785. The lowest BCUT2D eigenvalue weighted by Crippen LogP contribution is -2.18. The van der Waals surface area contributed by atoms with Crippen molar-refractivity contribution in [1.29, 1.82) is 0 Å². The van der Waals surface area contributed by atoms with Crippen LogP contribution in [0.2, 0.25) is 0 Å². The first-order valence-electron chi connectivity index (χ1n) is 7.35. The summed E-state index contributed by atoms with van der Waals surface area (Å²) < 4.78 is 24.4. The minimum Gasteiger partial charge on any atom is -0.465 e. The molecule has 4 atom stereocenters. The van der Waals surface area contributed by atoms with Crippen LogP contribution in [-0.2, 0) is 13.0 Å². The standard InChI is InChI=1S/C16H21FINO3/c1-10-15(17)16(10,18)12-5-7-13(8-6-12)22-11(2)21-9-3-4-14(19)20/h5-8,10-11,15H,3-4,9H2,1-2H3,(H2,19,20)/t10?,11?,15-,16?/m0/s1. The minimum absolute atomic E-state index is 0.0485. The van der Waals surface area contributed by atoms with E-state index < -0.39 is 15.9 Å². The molecule has 0 heterocycles. The van der Waals surface area contributed by atoms with Gasteiger partial charge < -0.3 is 15.2 Å². The first kappa shape index (κ1) is 17.5. The van der Waals surface area contributed by atoms with Gasteiger partial charge in [0.2, 0.25) is 5.91 Å². The van der Waals surface area contributed by atoms with E-state index in [1.54, 1.807) is 6.92 Å². The molecule has 22 heavy (non-hydrogen) atoms. The van der Waals surface area contributed by atoms with Crippen molar-refractivity contribution in [2.45, 2.75) is 42.6 Å². The average Bonchev–Trinajstić information content (AvgIpc) is 2.96. The van der Waals surface area contributed by atoms with E-state index in [1.165, 1.54) is 0 Å². The third kappa shape index (κ3) is 3.90. The Labute approximate surface area is 143 Å². The van der Waals surface area contributed by atoms with Crippen LogP contribution in [0.1, 0.15) is 32.3 Å². The van der Waals surface area contributed by atoms with Crippen molar-refractivity contribution >= 4 is 28.5 Å². The normalized spacial score (nSPS) is 28.2. The molecule has 122 valence electrons. The van der Waals surface area contributed by atoms with E-state index in [1.807, 2.05) is 31.2 Å². The highest BCUT2D eigenvalue weighted by atomic mass is 127. The number of amides is 1. The smallest absolute Gasteiger partial charge is 0.217 e. The number of nitrogens with two attached hydrogens (primary N) is 1. The Bertz CT molecular complexity index is 515. The molecule has 1 fully saturated rings.